The smallest absolute Gasteiger partial charge is 0.253 e. The van der Waals surface area contributed by atoms with Crippen LogP contribution in [0.15, 0.2) is 14.8 Å². The highest BCUT2D eigenvalue weighted by Gasteiger charge is 2.07. The topological polar surface area (TPSA) is 30.8 Å². The molecule has 0 bridgehead atoms. The quantitative estimate of drug-likeness (QED) is 0.666. The summed E-state index contributed by atoms with van der Waals surface area (Å²) < 4.78 is 7.09. The van der Waals surface area contributed by atoms with Crippen molar-refractivity contribution in [1.29, 1.82) is 0 Å². The predicted molar refractivity (Wildman–Crippen MR) is 47.1 cm³/mol. The van der Waals surface area contributed by atoms with E-state index in [0.29, 0.717) is 19.1 Å². The molecular formula is C6H8INO2. The Balaban J connectivity index is 2.62. The van der Waals surface area contributed by atoms with Gasteiger partial charge in [0.25, 0.3) is 5.90 Å². The summed E-state index contributed by atoms with van der Waals surface area (Å²) in [6.45, 7) is 3.08. The number of ether oxygens (including phenoxy) is 1. The molecule has 1 heterocycles. The minimum Gasteiger partial charge on any atom is -0.472 e. The van der Waals surface area contributed by atoms with Crippen LogP contribution in [0.25, 0.3) is 0 Å². The minimum atomic E-state index is 0.554. The molecule has 1 aliphatic rings. The summed E-state index contributed by atoms with van der Waals surface area (Å²) in [4.78, 5) is 4.82. The van der Waals surface area contributed by atoms with Crippen molar-refractivity contribution in [2.75, 3.05) is 13.2 Å². The van der Waals surface area contributed by atoms with Crippen LogP contribution in [0.5, 0.6) is 0 Å². The Morgan fingerprint density at radius 1 is 1.70 bits per heavy atom. The van der Waals surface area contributed by atoms with Crippen LogP contribution in [-0.2, 0) is 9.57 Å². The van der Waals surface area contributed by atoms with Gasteiger partial charge < -0.3 is 9.57 Å². The molecule has 10 heavy (non-hydrogen) atoms. The molecule has 0 N–H and O–H groups in total. The predicted octanol–water partition coefficient (Wildman–Crippen LogP) is 1.69. The summed E-state index contributed by atoms with van der Waals surface area (Å²) in [5, 5.41) is 3.72. The summed E-state index contributed by atoms with van der Waals surface area (Å²) in [6, 6.07) is 0. The van der Waals surface area contributed by atoms with E-state index in [-0.39, 0.29) is 0 Å². The third-order valence-corrected chi connectivity index (χ3v) is 2.00. The Labute approximate surface area is 73.2 Å². The van der Waals surface area contributed by atoms with Crippen molar-refractivity contribution in [3.63, 3.8) is 0 Å². The first-order valence-electron chi connectivity index (χ1n) is 2.94. The van der Waals surface area contributed by atoms with E-state index in [1.165, 1.54) is 0 Å². The number of oxime groups is 1. The lowest BCUT2D eigenvalue weighted by molar-refractivity contribution is 0.0652. The van der Waals surface area contributed by atoms with Crippen molar-refractivity contribution < 1.29 is 9.57 Å². The van der Waals surface area contributed by atoms with Crippen LogP contribution in [-0.4, -0.2) is 19.1 Å². The average molecular weight is 253 g/mol. The van der Waals surface area contributed by atoms with Crippen molar-refractivity contribution in [2.45, 2.75) is 6.92 Å². The lowest BCUT2D eigenvalue weighted by Crippen LogP contribution is -2.16. The van der Waals surface area contributed by atoms with Gasteiger partial charge in [0.2, 0.25) is 0 Å². The van der Waals surface area contributed by atoms with E-state index in [2.05, 4.69) is 27.7 Å². The molecule has 1 rings (SSSR count). The molecule has 0 saturated heterocycles. The van der Waals surface area contributed by atoms with Crippen molar-refractivity contribution in [2.24, 2.45) is 5.16 Å². The average Bonchev–Trinajstić information content (AvgIpc) is 2.05. The largest absolute Gasteiger partial charge is 0.472 e. The fourth-order valence-electron chi connectivity index (χ4n) is 0.539. The van der Waals surface area contributed by atoms with Gasteiger partial charge in [-0.05, 0) is 16.2 Å². The maximum Gasteiger partial charge on any atom is 0.253 e. The second-order valence-corrected chi connectivity index (χ2v) is 2.49. The second kappa shape index (κ2) is 3.80. The molecule has 0 aromatic heterocycles. The summed E-state index contributed by atoms with van der Waals surface area (Å²) in [7, 11) is 0. The van der Waals surface area contributed by atoms with Crippen LogP contribution < -0.4 is 0 Å². The molecule has 0 aromatic carbocycles. The van der Waals surface area contributed by atoms with E-state index in [1.54, 1.807) is 0 Å². The van der Waals surface area contributed by atoms with Gasteiger partial charge in [-0.25, -0.2) is 0 Å². The van der Waals surface area contributed by atoms with Gasteiger partial charge in [0.1, 0.15) is 6.61 Å². The molecule has 0 radical (unpaired) electrons. The SMILES string of the molecule is C/C(=C\I)C1=NOCCO1. The minimum absolute atomic E-state index is 0.554. The van der Waals surface area contributed by atoms with Crippen molar-refractivity contribution >= 4 is 28.5 Å². The lowest BCUT2D eigenvalue weighted by Gasteiger charge is -2.12. The highest BCUT2D eigenvalue weighted by Crippen LogP contribution is 2.06. The van der Waals surface area contributed by atoms with Crippen LogP contribution in [0.2, 0.25) is 0 Å². The second-order valence-electron chi connectivity index (χ2n) is 1.87. The van der Waals surface area contributed by atoms with Crippen LogP contribution in [0.1, 0.15) is 6.92 Å². The molecule has 0 atom stereocenters. The number of hydrogen-bond acceptors (Lipinski definition) is 3. The molecule has 3 nitrogen and oxygen atoms in total. The van der Waals surface area contributed by atoms with Crippen molar-refractivity contribution in [3.8, 4) is 0 Å². The Hall–Kier alpha value is -0.260. The lowest BCUT2D eigenvalue weighted by atomic mass is 10.3. The molecule has 0 unspecified atom stereocenters. The Morgan fingerprint density at radius 3 is 3.00 bits per heavy atom. The summed E-state index contributed by atoms with van der Waals surface area (Å²) >= 11 is 2.14. The van der Waals surface area contributed by atoms with Gasteiger partial charge in [-0.2, -0.15) is 0 Å². The normalized spacial score (nSPS) is 19.0. The molecule has 1 aliphatic heterocycles. The van der Waals surface area contributed by atoms with Crippen molar-refractivity contribution in [3.05, 3.63) is 9.66 Å². The fourth-order valence-corrected chi connectivity index (χ4v) is 0.805. The van der Waals surface area contributed by atoms with Gasteiger partial charge in [0, 0.05) is 5.57 Å². The van der Waals surface area contributed by atoms with E-state index < -0.39 is 0 Å². The maximum atomic E-state index is 5.18. The molecular weight excluding hydrogens is 245 g/mol. The molecule has 0 aromatic rings. The maximum absolute atomic E-state index is 5.18. The van der Waals surface area contributed by atoms with Crippen LogP contribution >= 0.6 is 22.6 Å². The van der Waals surface area contributed by atoms with Crippen LogP contribution in [0.4, 0.5) is 0 Å². The molecule has 4 heteroatoms. The van der Waals surface area contributed by atoms with E-state index >= 15 is 0 Å². The van der Waals surface area contributed by atoms with Crippen LogP contribution in [0, 0.1) is 0 Å². The molecule has 56 valence electrons. The number of rotatable bonds is 1. The molecule has 0 saturated carbocycles. The first kappa shape index (κ1) is 7.84. The Kier molecular flexibility index (Phi) is 2.98. The van der Waals surface area contributed by atoms with E-state index in [0.717, 1.165) is 5.57 Å². The van der Waals surface area contributed by atoms with Crippen LogP contribution in [0.3, 0.4) is 0 Å². The van der Waals surface area contributed by atoms with Gasteiger partial charge in [0.05, 0.1) is 0 Å². The monoisotopic (exact) mass is 253 g/mol. The fraction of sp³-hybridized carbons (Fsp3) is 0.500. The standard InChI is InChI=1S/C6H8INO2/c1-5(4-7)6-8-10-3-2-9-6/h4H,2-3H2,1H3/b5-4+. The molecule has 0 amide bonds. The third kappa shape index (κ3) is 1.86. The third-order valence-electron chi connectivity index (χ3n) is 1.06. The highest BCUT2D eigenvalue weighted by atomic mass is 127. The van der Waals surface area contributed by atoms with E-state index in [9.17, 15) is 0 Å². The highest BCUT2D eigenvalue weighted by molar-refractivity contribution is 14.1. The van der Waals surface area contributed by atoms with Gasteiger partial charge in [-0.3, -0.25) is 0 Å². The molecule has 0 fully saturated rings. The zero-order chi connectivity index (χ0) is 7.40. The first-order valence-corrected chi connectivity index (χ1v) is 4.19. The van der Waals surface area contributed by atoms with Gasteiger partial charge in [0.15, 0.2) is 6.61 Å². The summed E-state index contributed by atoms with van der Waals surface area (Å²) in [5.41, 5.74) is 1.00. The first-order chi connectivity index (χ1) is 4.84. The number of nitrogens with zero attached hydrogens (tertiary/aromatic N) is 1. The molecule has 0 aliphatic carbocycles. The summed E-state index contributed by atoms with van der Waals surface area (Å²) in [5.74, 6) is 0.598. The van der Waals surface area contributed by atoms with Crippen molar-refractivity contribution in [1.82, 2.24) is 0 Å². The summed E-state index contributed by atoms with van der Waals surface area (Å²) in [6.07, 6.45) is 0. The van der Waals surface area contributed by atoms with E-state index in [4.69, 9.17) is 9.57 Å². The number of halogens is 1. The number of hydrogen-bond donors (Lipinski definition) is 0. The zero-order valence-corrected chi connectivity index (χ0v) is 7.79. The molecule has 0 spiro atoms. The van der Waals surface area contributed by atoms with E-state index in [1.807, 2.05) is 11.0 Å². The van der Waals surface area contributed by atoms with Gasteiger partial charge in [-0.1, -0.05) is 22.6 Å². The Bertz CT molecular complexity index is 177. The van der Waals surface area contributed by atoms with Gasteiger partial charge in [-0.15, -0.1) is 0 Å². The zero-order valence-electron chi connectivity index (χ0n) is 5.63. The van der Waals surface area contributed by atoms with Gasteiger partial charge >= 0.3 is 0 Å². The Morgan fingerprint density at radius 2 is 2.50 bits per heavy atom.